The van der Waals surface area contributed by atoms with Crippen LogP contribution in [0.2, 0.25) is 0 Å². The van der Waals surface area contributed by atoms with Gasteiger partial charge in [-0.15, -0.1) is 10.2 Å². The predicted octanol–water partition coefficient (Wildman–Crippen LogP) is 3.03. The third kappa shape index (κ3) is 3.09. The second-order valence-electron chi connectivity index (χ2n) is 6.89. The molecule has 24 heavy (non-hydrogen) atoms. The number of benzene rings is 1. The first-order chi connectivity index (χ1) is 11.7. The Kier molecular flexibility index (Phi) is 4.34. The van der Waals surface area contributed by atoms with Crippen molar-refractivity contribution < 1.29 is 5.11 Å². The van der Waals surface area contributed by atoms with E-state index in [2.05, 4.69) is 43.0 Å². The van der Waals surface area contributed by atoms with Crippen LogP contribution in [0.15, 0.2) is 30.3 Å². The summed E-state index contributed by atoms with van der Waals surface area (Å²) in [5.74, 6) is 1.18. The number of nitrogens with zero attached hydrogens (tertiary/aromatic N) is 3. The Balaban J connectivity index is 1.52. The van der Waals surface area contributed by atoms with E-state index in [4.69, 9.17) is 0 Å². The summed E-state index contributed by atoms with van der Waals surface area (Å²) >= 11 is 2.18. The number of phenolic OH excluding ortho intramolecular Hbond substituents is 1. The van der Waals surface area contributed by atoms with E-state index in [1.165, 1.54) is 19.3 Å². The third-order valence-electron chi connectivity index (χ3n) is 5.21. The van der Waals surface area contributed by atoms with Crippen LogP contribution >= 0.6 is 22.6 Å². The minimum Gasteiger partial charge on any atom is -0.507 e. The monoisotopic (exact) mass is 436 g/mol. The van der Waals surface area contributed by atoms with Crippen molar-refractivity contribution in [3.63, 3.8) is 0 Å². The van der Waals surface area contributed by atoms with Crippen molar-refractivity contribution in [2.24, 2.45) is 5.41 Å². The minimum absolute atomic E-state index is 0.248. The molecule has 1 unspecified atom stereocenters. The Morgan fingerprint density at radius 1 is 1.17 bits per heavy atom. The Morgan fingerprint density at radius 2 is 2.08 bits per heavy atom. The second-order valence-corrected chi connectivity index (χ2v) is 8.14. The molecule has 2 saturated heterocycles. The van der Waals surface area contributed by atoms with E-state index in [9.17, 15) is 5.11 Å². The Bertz CT molecular complexity index is 728. The van der Waals surface area contributed by atoms with E-state index in [-0.39, 0.29) is 5.75 Å². The quantitative estimate of drug-likeness (QED) is 0.709. The molecule has 1 spiro atoms. The molecule has 0 radical (unpaired) electrons. The SMILES string of the molecule is Oc1cc(I)ccc1-c1ccc(N2CCC3(CCCNC3)C2)nn1. The number of nitrogens with one attached hydrogen (secondary N) is 1. The van der Waals surface area contributed by atoms with E-state index in [0.717, 1.165) is 41.1 Å². The van der Waals surface area contributed by atoms with Gasteiger partial charge < -0.3 is 15.3 Å². The highest BCUT2D eigenvalue weighted by Gasteiger charge is 2.39. The fraction of sp³-hybridized carbons (Fsp3) is 0.444. The molecular formula is C18H21IN4O. The van der Waals surface area contributed by atoms with E-state index in [1.54, 1.807) is 6.07 Å². The molecule has 1 atom stereocenters. The van der Waals surface area contributed by atoms with Gasteiger partial charge >= 0.3 is 0 Å². The van der Waals surface area contributed by atoms with Gasteiger partial charge in [-0.25, -0.2) is 0 Å². The number of piperidine rings is 1. The smallest absolute Gasteiger partial charge is 0.151 e. The number of aromatic hydroxyl groups is 1. The summed E-state index contributed by atoms with van der Waals surface area (Å²) in [7, 11) is 0. The fourth-order valence-corrected chi connectivity index (χ4v) is 4.34. The number of aromatic nitrogens is 2. The van der Waals surface area contributed by atoms with Crippen LogP contribution in [0, 0.1) is 8.99 Å². The molecule has 4 rings (SSSR count). The zero-order valence-corrected chi connectivity index (χ0v) is 15.7. The predicted molar refractivity (Wildman–Crippen MR) is 103 cm³/mol. The average molecular weight is 436 g/mol. The third-order valence-corrected chi connectivity index (χ3v) is 5.88. The normalized spacial score (nSPS) is 23.8. The number of hydrogen-bond donors (Lipinski definition) is 2. The van der Waals surface area contributed by atoms with Crippen LogP contribution in [0.4, 0.5) is 5.82 Å². The van der Waals surface area contributed by atoms with Crippen LogP contribution in [-0.2, 0) is 0 Å². The standard InChI is InChI=1S/C18H21IN4O/c19-13-2-3-14(16(24)10-13)15-4-5-17(22-21-15)23-9-7-18(12-23)6-1-8-20-11-18/h2-5,10,20,24H,1,6-9,11-12H2. The van der Waals surface area contributed by atoms with E-state index in [0.29, 0.717) is 11.1 Å². The molecular weight excluding hydrogens is 415 g/mol. The summed E-state index contributed by atoms with van der Waals surface area (Å²) in [4.78, 5) is 2.34. The molecule has 3 heterocycles. The maximum absolute atomic E-state index is 10.1. The van der Waals surface area contributed by atoms with Gasteiger partial charge in [0.1, 0.15) is 5.75 Å². The lowest BCUT2D eigenvalue weighted by molar-refractivity contribution is 0.239. The van der Waals surface area contributed by atoms with Gasteiger partial charge in [0.05, 0.1) is 5.69 Å². The molecule has 1 aromatic heterocycles. The molecule has 0 aliphatic carbocycles. The van der Waals surface area contributed by atoms with Crippen LogP contribution in [0.5, 0.6) is 5.75 Å². The van der Waals surface area contributed by atoms with Crippen molar-refractivity contribution >= 4 is 28.4 Å². The van der Waals surface area contributed by atoms with E-state index in [1.807, 2.05) is 24.3 Å². The molecule has 6 heteroatoms. The van der Waals surface area contributed by atoms with E-state index >= 15 is 0 Å². The zero-order chi connectivity index (χ0) is 16.6. The van der Waals surface area contributed by atoms with Gasteiger partial charge in [0.25, 0.3) is 0 Å². The number of anilines is 1. The molecule has 1 aromatic carbocycles. The lowest BCUT2D eigenvalue weighted by atomic mass is 9.80. The Hall–Kier alpha value is -1.41. The summed E-state index contributed by atoms with van der Waals surface area (Å²) in [5, 5.41) is 22.4. The van der Waals surface area contributed by atoms with Crippen LogP contribution < -0.4 is 10.2 Å². The summed E-state index contributed by atoms with van der Waals surface area (Å²) in [6, 6.07) is 9.57. The molecule has 2 N–H and O–H groups in total. The van der Waals surface area contributed by atoms with Crippen molar-refractivity contribution in [3.05, 3.63) is 33.9 Å². The molecule has 2 aliphatic rings. The van der Waals surface area contributed by atoms with Gasteiger partial charge in [0.15, 0.2) is 5.82 Å². The first-order valence-corrected chi connectivity index (χ1v) is 9.51. The van der Waals surface area contributed by atoms with Crippen molar-refractivity contribution in [2.75, 3.05) is 31.1 Å². The molecule has 5 nitrogen and oxygen atoms in total. The molecule has 0 saturated carbocycles. The second kappa shape index (κ2) is 6.48. The van der Waals surface area contributed by atoms with Crippen LogP contribution in [0.1, 0.15) is 19.3 Å². The summed E-state index contributed by atoms with van der Waals surface area (Å²) < 4.78 is 1.00. The number of halogens is 1. The lowest BCUT2D eigenvalue weighted by Gasteiger charge is -2.33. The first kappa shape index (κ1) is 16.1. The molecule has 126 valence electrons. The lowest BCUT2D eigenvalue weighted by Crippen LogP contribution is -2.42. The topological polar surface area (TPSA) is 61.3 Å². The van der Waals surface area contributed by atoms with Crippen molar-refractivity contribution in [2.45, 2.75) is 19.3 Å². The van der Waals surface area contributed by atoms with Crippen LogP contribution in [0.25, 0.3) is 11.3 Å². The minimum atomic E-state index is 0.248. The zero-order valence-electron chi connectivity index (χ0n) is 13.5. The van der Waals surface area contributed by atoms with Crippen LogP contribution in [0.3, 0.4) is 0 Å². The Morgan fingerprint density at radius 3 is 2.79 bits per heavy atom. The highest BCUT2D eigenvalue weighted by molar-refractivity contribution is 14.1. The highest BCUT2D eigenvalue weighted by Crippen LogP contribution is 2.38. The molecule has 0 bridgehead atoms. The fourth-order valence-electron chi connectivity index (χ4n) is 3.87. The molecule has 2 fully saturated rings. The largest absolute Gasteiger partial charge is 0.507 e. The molecule has 2 aliphatic heterocycles. The molecule has 2 aromatic rings. The average Bonchev–Trinajstić information content (AvgIpc) is 2.99. The summed E-state index contributed by atoms with van der Waals surface area (Å²) in [6.07, 6.45) is 3.80. The van der Waals surface area contributed by atoms with Gasteiger partial charge in [0.2, 0.25) is 0 Å². The van der Waals surface area contributed by atoms with Gasteiger partial charge in [-0.1, -0.05) is 0 Å². The van der Waals surface area contributed by atoms with Gasteiger partial charge in [-0.2, -0.15) is 0 Å². The van der Waals surface area contributed by atoms with E-state index < -0.39 is 0 Å². The number of rotatable bonds is 2. The van der Waals surface area contributed by atoms with Gasteiger partial charge in [0, 0.05) is 34.2 Å². The van der Waals surface area contributed by atoms with Gasteiger partial charge in [-0.3, -0.25) is 0 Å². The number of phenols is 1. The van der Waals surface area contributed by atoms with Crippen LogP contribution in [-0.4, -0.2) is 41.5 Å². The summed E-state index contributed by atoms with van der Waals surface area (Å²) in [6.45, 7) is 4.37. The first-order valence-electron chi connectivity index (χ1n) is 8.44. The van der Waals surface area contributed by atoms with Crippen molar-refractivity contribution in [3.8, 4) is 17.0 Å². The molecule has 0 amide bonds. The maximum Gasteiger partial charge on any atom is 0.151 e. The van der Waals surface area contributed by atoms with Crippen molar-refractivity contribution in [1.29, 1.82) is 0 Å². The van der Waals surface area contributed by atoms with Gasteiger partial charge in [-0.05, 0) is 78.7 Å². The Labute approximate surface area is 155 Å². The maximum atomic E-state index is 10.1. The number of hydrogen-bond acceptors (Lipinski definition) is 5. The summed E-state index contributed by atoms with van der Waals surface area (Å²) in [5.41, 5.74) is 1.84. The van der Waals surface area contributed by atoms with Crippen molar-refractivity contribution in [1.82, 2.24) is 15.5 Å². The highest BCUT2D eigenvalue weighted by atomic mass is 127.